The minimum absolute atomic E-state index is 0.0243. The minimum atomic E-state index is -0.246. The van der Waals surface area contributed by atoms with Gasteiger partial charge in [0, 0.05) is 25.0 Å². The van der Waals surface area contributed by atoms with Crippen molar-refractivity contribution in [3.63, 3.8) is 0 Å². The zero-order valence-electron chi connectivity index (χ0n) is 22.8. The average molecular weight is 529 g/mol. The van der Waals surface area contributed by atoms with Crippen LogP contribution in [0.1, 0.15) is 60.3 Å². The Morgan fingerprint density at radius 1 is 1.08 bits per heavy atom. The van der Waals surface area contributed by atoms with Crippen LogP contribution in [0.25, 0.3) is 10.9 Å². The van der Waals surface area contributed by atoms with Crippen molar-refractivity contribution >= 4 is 28.6 Å². The first-order chi connectivity index (χ1) is 18.9. The summed E-state index contributed by atoms with van der Waals surface area (Å²) in [4.78, 5) is 29.4. The molecule has 206 valence electrons. The van der Waals surface area contributed by atoms with Crippen LogP contribution in [0.2, 0.25) is 0 Å². The number of fused-ring (bicyclic) bond motifs is 1. The first-order valence-corrected chi connectivity index (χ1v) is 14.1. The number of hydrogen-bond donors (Lipinski definition) is 4. The average Bonchev–Trinajstić information content (AvgIpc) is 3.37. The Hall–Kier alpha value is -3.72. The molecule has 3 unspecified atom stereocenters. The smallest absolute Gasteiger partial charge is 0.289 e. The molecule has 1 saturated heterocycles. The number of amides is 1. The Morgan fingerprint density at radius 3 is 2.72 bits per heavy atom. The lowest BCUT2D eigenvalue weighted by Crippen LogP contribution is -2.38. The van der Waals surface area contributed by atoms with Crippen molar-refractivity contribution in [3.8, 4) is 0 Å². The highest BCUT2D eigenvalue weighted by molar-refractivity contribution is 5.96. The van der Waals surface area contributed by atoms with Gasteiger partial charge in [0.15, 0.2) is 5.96 Å². The van der Waals surface area contributed by atoms with E-state index in [4.69, 9.17) is 16.5 Å². The Morgan fingerprint density at radius 2 is 1.90 bits per heavy atom. The van der Waals surface area contributed by atoms with Crippen molar-refractivity contribution in [1.82, 2.24) is 20.2 Å². The van der Waals surface area contributed by atoms with E-state index in [1.165, 1.54) is 5.56 Å². The predicted octanol–water partition coefficient (Wildman–Crippen LogP) is 3.58. The number of hydrogen-bond acceptors (Lipinski definition) is 6. The molecule has 9 nitrogen and oxygen atoms in total. The highest BCUT2D eigenvalue weighted by atomic mass is 16.2. The molecular weight excluding hydrogens is 488 g/mol. The number of nitrogens with one attached hydrogen (secondary N) is 2. The molecule has 3 aromatic rings. The highest BCUT2D eigenvalue weighted by Crippen LogP contribution is 2.28. The maximum Gasteiger partial charge on any atom is 0.289 e. The number of guanidine groups is 1. The molecule has 5 rings (SSSR count). The Labute approximate surface area is 230 Å². The van der Waals surface area contributed by atoms with Crippen molar-refractivity contribution in [2.24, 2.45) is 22.4 Å². The van der Waals surface area contributed by atoms with E-state index in [-0.39, 0.29) is 29.8 Å². The number of rotatable bonds is 9. The molecule has 0 spiro atoms. The molecule has 0 radical (unpaired) electrons. The molecule has 6 N–H and O–H groups in total. The number of carbonyl (C=O) groups excluding carboxylic acids is 1. The van der Waals surface area contributed by atoms with Crippen LogP contribution < -0.4 is 22.1 Å². The Balaban J connectivity index is 1.23. The lowest BCUT2D eigenvalue weighted by molar-refractivity contribution is 0.0941. The van der Waals surface area contributed by atoms with Crippen LogP contribution in [0, 0.1) is 12.8 Å². The number of likely N-dealkylation sites (tertiary alicyclic amines) is 1. The van der Waals surface area contributed by atoms with E-state index >= 15 is 0 Å². The fourth-order valence-corrected chi connectivity index (χ4v) is 5.86. The molecule has 2 heterocycles. The lowest BCUT2D eigenvalue weighted by atomic mass is 9.90. The maximum absolute atomic E-state index is 13.2. The summed E-state index contributed by atoms with van der Waals surface area (Å²) in [7, 11) is 0. The summed E-state index contributed by atoms with van der Waals surface area (Å²) < 4.78 is 0. The van der Waals surface area contributed by atoms with E-state index in [1.54, 1.807) is 0 Å². The van der Waals surface area contributed by atoms with Crippen molar-refractivity contribution in [2.45, 2.75) is 64.1 Å². The van der Waals surface area contributed by atoms with Gasteiger partial charge in [0.05, 0.1) is 17.6 Å². The molecule has 2 fully saturated rings. The lowest BCUT2D eigenvalue weighted by Gasteiger charge is -2.30. The molecule has 1 saturated carbocycles. The van der Waals surface area contributed by atoms with Gasteiger partial charge in [0.1, 0.15) is 5.82 Å². The Bertz CT molecular complexity index is 1310. The molecule has 2 aromatic carbocycles. The first-order valence-electron chi connectivity index (χ1n) is 14.1. The van der Waals surface area contributed by atoms with Gasteiger partial charge in [0.25, 0.3) is 5.91 Å². The SMILES string of the molecule is Cc1ccc2nc(C(=O)NCCC3CCN(Cc4ccccc4)C3)nc(NC3CCCCC3N=C(N)N)c2c1. The number of aryl methyl sites for hydroxylation is 1. The molecule has 2 aliphatic rings. The molecule has 1 aliphatic carbocycles. The van der Waals surface area contributed by atoms with Crippen LogP contribution in [-0.2, 0) is 6.54 Å². The fourth-order valence-electron chi connectivity index (χ4n) is 5.86. The van der Waals surface area contributed by atoms with Crippen LogP contribution in [0.15, 0.2) is 53.5 Å². The zero-order chi connectivity index (χ0) is 27.2. The van der Waals surface area contributed by atoms with E-state index in [9.17, 15) is 4.79 Å². The van der Waals surface area contributed by atoms with Crippen LogP contribution in [0.4, 0.5) is 5.82 Å². The first kappa shape index (κ1) is 26.9. The largest absolute Gasteiger partial charge is 0.370 e. The van der Waals surface area contributed by atoms with Crippen molar-refractivity contribution in [1.29, 1.82) is 0 Å². The summed E-state index contributed by atoms with van der Waals surface area (Å²) in [5.74, 6) is 1.27. The second-order valence-electron chi connectivity index (χ2n) is 11.0. The molecule has 1 aliphatic heterocycles. The minimum Gasteiger partial charge on any atom is -0.370 e. The predicted molar refractivity (Wildman–Crippen MR) is 157 cm³/mol. The Kier molecular flexibility index (Phi) is 8.56. The van der Waals surface area contributed by atoms with Crippen LogP contribution in [0.5, 0.6) is 0 Å². The fraction of sp³-hybridized carbons (Fsp3) is 0.467. The van der Waals surface area contributed by atoms with E-state index < -0.39 is 0 Å². The second kappa shape index (κ2) is 12.4. The van der Waals surface area contributed by atoms with Gasteiger partial charge in [-0.1, -0.05) is 54.8 Å². The van der Waals surface area contributed by atoms with Gasteiger partial charge in [-0.15, -0.1) is 0 Å². The second-order valence-corrected chi connectivity index (χ2v) is 11.0. The van der Waals surface area contributed by atoms with Gasteiger partial charge in [0.2, 0.25) is 5.82 Å². The molecular formula is C30H40N8O. The number of nitrogens with zero attached hydrogens (tertiary/aromatic N) is 4. The van der Waals surface area contributed by atoms with Gasteiger partial charge in [-0.05, 0) is 62.8 Å². The highest BCUT2D eigenvalue weighted by Gasteiger charge is 2.27. The molecule has 9 heteroatoms. The van der Waals surface area contributed by atoms with E-state index in [0.29, 0.717) is 18.3 Å². The normalized spacial score (nSPS) is 21.5. The number of benzene rings is 2. The van der Waals surface area contributed by atoms with Gasteiger partial charge >= 0.3 is 0 Å². The monoisotopic (exact) mass is 528 g/mol. The van der Waals surface area contributed by atoms with Gasteiger partial charge in [-0.2, -0.15) is 0 Å². The number of anilines is 1. The molecule has 3 atom stereocenters. The number of carbonyl (C=O) groups is 1. The summed E-state index contributed by atoms with van der Waals surface area (Å²) >= 11 is 0. The van der Waals surface area contributed by atoms with Gasteiger partial charge in [-0.25, -0.2) is 15.0 Å². The quantitative estimate of drug-likeness (QED) is 0.246. The van der Waals surface area contributed by atoms with Crippen molar-refractivity contribution in [2.75, 3.05) is 25.0 Å². The van der Waals surface area contributed by atoms with Gasteiger partial charge < -0.3 is 22.1 Å². The van der Waals surface area contributed by atoms with Crippen LogP contribution in [-0.4, -0.2) is 58.5 Å². The van der Waals surface area contributed by atoms with Crippen LogP contribution in [0.3, 0.4) is 0 Å². The summed E-state index contributed by atoms with van der Waals surface area (Å²) in [5.41, 5.74) is 14.6. The van der Waals surface area contributed by atoms with E-state index in [0.717, 1.165) is 74.6 Å². The summed E-state index contributed by atoms with van der Waals surface area (Å²) in [5, 5.41) is 7.53. The van der Waals surface area contributed by atoms with Crippen molar-refractivity contribution < 1.29 is 4.79 Å². The number of aromatic nitrogens is 2. The third-order valence-corrected chi connectivity index (χ3v) is 7.88. The summed E-state index contributed by atoms with van der Waals surface area (Å²) in [6, 6.07) is 16.6. The van der Waals surface area contributed by atoms with Gasteiger partial charge in [-0.3, -0.25) is 9.69 Å². The standard InChI is InChI=1S/C30H40N8O/c1-20-11-12-24-23(17-20)27(35-25-9-5-6-10-26(25)36-30(31)32)37-28(34-24)29(39)33-15-13-22-14-16-38(19-22)18-21-7-3-2-4-8-21/h2-4,7-8,11-12,17,22,25-26H,5-6,9-10,13-16,18-19H2,1H3,(H,33,39)(H4,31,32,36)(H,34,35,37). The summed E-state index contributed by atoms with van der Waals surface area (Å²) in [6.07, 6.45) is 6.12. The van der Waals surface area contributed by atoms with E-state index in [2.05, 4.69) is 61.9 Å². The topological polar surface area (TPSA) is 135 Å². The third kappa shape index (κ3) is 7.03. The zero-order valence-corrected chi connectivity index (χ0v) is 22.8. The summed E-state index contributed by atoms with van der Waals surface area (Å²) in [6.45, 7) is 5.78. The molecule has 1 aromatic heterocycles. The maximum atomic E-state index is 13.2. The molecule has 0 bridgehead atoms. The van der Waals surface area contributed by atoms with Crippen molar-refractivity contribution in [3.05, 3.63) is 65.5 Å². The molecule has 39 heavy (non-hydrogen) atoms. The van der Waals surface area contributed by atoms with Crippen LogP contribution >= 0.6 is 0 Å². The molecule has 1 amide bonds. The van der Waals surface area contributed by atoms with E-state index in [1.807, 2.05) is 19.1 Å². The third-order valence-electron chi connectivity index (χ3n) is 7.88. The number of nitrogens with two attached hydrogens (primary N) is 2. The number of aliphatic imine (C=N–C) groups is 1.